The van der Waals surface area contributed by atoms with Crippen LogP contribution in [0.1, 0.15) is 28.4 Å². The van der Waals surface area contributed by atoms with E-state index in [0.29, 0.717) is 19.6 Å². The zero-order valence-electron chi connectivity index (χ0n) is 14.1. The lowest BCUT2D eigenvalue weighted by Crippen LogP contribution is -2.30. The van der Waals surface area contributed by atoms with E-state index in [2.05, 4.69) is 10.0 Å². The van der Waals surface area contributed by atoms with E-state index < -0.39 is 15.9 Å². The van der Waals surface area contributed by atoms with Gasteiger partial charge in [-0.1, -0.05) is 12.1 Å². The number of amides is 2. The number of rotatable bonds is 5. The molecule has 0 fully saturated rings. The molecule has 2 aromatic rings. The molecule has 0 atom stereocenters. The normalized spacial score (nSPS) is 12.8. The first-order valence-corrected chi connectivity index (χ1v) is 9.50. The first-order chi connectivity index (χ1) is 12.3. The van der Waals surface area contributed by atoms with Gasteiger partial charge in [0.15, 0.2) is 0 Å². The molecular formula is C18H18N2O5S. The van der Waals surface area contributed by atoms with Crippen molar-refractivity contribution in [2.45, 2.75) is 24.8 Å². The standard InChI is InChI=1S/C18H18N2O5S/c1-12(21)19-11-13-2-5-16(6-3-13)26(23,24)20-18(22)15-4-7-17-14(10-15)8-9-25-17/h2-7,10H,8-9,11H2,1H3,(H,19,21)(H,20,22). The number of nitrogens with one attached hydrogen (secondary N) is 2. The second kappa shape index (κ2) is 7.17. The number of sulfonamides is 1. The maximum absolute atomic E-state index is 12.4. The summed E-state index contributed by atoms with van der Waals surface area (Å²) in [6.07, 6.45) is 0.693. The highest BCUT2D eigenvalue weighted by Gasteiger charge is 2.20. The maximum atomic E-state index is 12.4. The van der Waals surface area contributed by atoms with Crippen LogP contribution >= 0.6 is 0 Å². The van der Waals surface area contributed by atoms with E-state index in [0.717, 1.165) is 16.9 Å². The largest absolute Gasteiger partial charge is 0.493 e. The van der Waals surface area contributed by atoms with E-state index in [9.17, 15) is 18.0 Å². The number of hydrogen-bond acceptors (Lipinski definition) is 5. The van der Waals surface area contributed by atoms with Crippen LogP contribution < -0.4 is 14.8 Å². The van der Waals surface area contributed by atoms with E-state index in [-0.39, 0.29) is 16.4 Å². The third-order valence-electron chi connectivity index (χ3n) is 3.95. The molecule has 0 aliphatic carbocycles. The molecule has 2 N–H and O–H groups in total. The Morgan fingerprint density at radius 2 is 1.85 bits per heavy atom. The minimum atomic E-state index is -3.99. The lowest BCUT2D eigenvalue weighted by molar-refractivity contribution is -0.119. The molecule has 2 amide bonds. The van der Waals surface area contributed by atoms with Crippen LogP contribution in [0.5, 0.6) is 5.75 Å². The summed E-state index contributed by atoms with van der Waals surface area (Å²) in [6, 6.07) is 10.8. The molecule has 1 aliphatic heterocycles. The molecule has 3 rings (SSSR count). The van der Waals surface area contributed by atoms with Gasteiger partial charge in [0.05, 0.1) is 11.5 Å². The first-order valence-electron chi connectivity index (χ1n) is 8.01. The highest BCUT2D eigenvalue weighted by Crippen LogP contribution is 2.26. The molecule has 0 saturated carbocycles. The minimum Gasteiger partial charge on any atom is -0.493 e. The molecule has 0 radical (unpaired) electrons. The maximum Gasteiger partial charge on any atom is 0.265 e. The van der Waals surface area contributed by atoms with Crippen LogP contribution in [0.3, 0.4) is 0 Å². The van der Waals surface area contributed by atoms with E-state index in [4.69, 9.17) is 4.74 Å². The molecule has 0 aromatic heterocycles. The van der Waals surface area contributed by atoms with Gasteiger partial charge in [0.25, 0.3) is 15.9 Å². The molecule has 1 heterocycles. The summed E-state index contributed by atoms with van der Waals surface area (Å²) >= 11 is 0. The van der Waals surface area contributed by atoms with E-state index in [1.807, 2.05) is 0 Å². The predicted molar refractivity (Wildman–Crippen MR) is 94.3 cm³/mol. The molecule has 0 bridgehead atoms. The zero-order valence-corrected chi connectivity index (χ0v) is 14.9. The Kier molecular flexibility index (Phi) is 4.94. The highest BCUT2D eigenvalue weighted by atomic mass is 32.2. The fourth-order valence-corrected chi connectivity index (χ4v) is 3.55. The lowest BCUT2D eigenvalue weighted by atomic mass is 10.1. The number of carbonyl (C=O) groups is 2. The third kappa shape index (κ3) is 4.02. The van der Waals surface area contributed by atoms with Crippen LogP contribution in [-0.4, -0.2) is 26.8 Å². The molecule has 1 aliphatic rings. The summed E-state index contributed by atoms with van der Waals surface area (Å²) in [5.41, 5.74) is 1.90. The summed E-state index contributed by atoms with van der Waals surface area (Å²) in [4.78, 5) is 23.2. The minimum absolute atomic E-state index is 0.0260. The van der Waals surface area contributed by atoms with Crippen molar-refractivity contribution in [3.8, 4) is 5.75 Å². The fraction of sp³-hybridized carbons (Fsp3) is 0.222. The van der Waals surface area contributed by atoms with Gasteiger partial charge in [-0.25, -0.2) is 13.1 Å². The van der Waals surface area contributed by atoms with Crippen molar-refractivity contribution in [3.63, 3.8) is 0 Å². The summed E-state index contributed by atoms with van der Waals surface area (Å²) in [7, 11) is -3.99. The zero-order chi connectivity index (χ0) is 18.7. The molecule has 26 heavy (non-hydrogen) atoms. The van der Waals surface area contributed by atoms with Crippen LogP contribution in [0.4, 0.5) is 0 Å². The van der Waals surface area contributed by atoms with Crippen LogP contribution in [-0.2, 0) is 27.8 Å². The Bertz CT molecular complexity index is 952. The summed E-state index contributed by atoms with van der Waals surface area (Å²) in [5.74, 6) is -0.144. The van der Waals surface area contributed by atoms with E-state index in [1.54, 1.807) is 24.3 Å². The number of carbonyl (C=O) groups excluding carboxylic acids is 2. The monoisotopic (exact) mass is 374 g/mol. The van der Waals surface area contributed by atoms with Gasteiger partial charge < -0.3 is 10.1 Å². The van der Waals surface area contributed by atoms with E-state index >= 15 is 0 Å². The van der Waals surface area contributed by atoms with Crippen molar-refractivity contribution in [2.24, 2.45) is 0 Å². The average Bonchev–Trinajstić information content (AvgIpc) is 3.07. The first kappa shape index (κ1) is 17.9. The molecule has 8 heteroatoms. The van der Waals surface area contributed by atoms with Gasteiger partial charge in [-0.15, -0.1) is 0 Å². The number of fused-ring (bicyclic) bond motifs is 1. The van der Waals surface area contributed by atoms with Crippen LogP contribution in [0.25, 0.3) is 0 Å². The van der Waals surface area contributed by atoms with Gasteiger partial charge in [0.1, 0.15) is 5.75 Å². The highest BCUT2D eigenvalue weighted by molar-refractivity contribution is 7.90. The second-order valence-electron chi connectivity index (χ2n) is 5.91. The van der Waals surface area contributed by atoms with Crippen molar-refractivity contribution >= 4 is 21.8 Å². The molecule has 2 aromatic carbocycles. The van der Waals surface area contributed by atoms with Crippen LogP contribution in [0, 0.1) is 0 Å². The Labute approximate surface area is 151 Å². The fourth-order valence-electron chi connectivity index (χ4n) is 2.58. The van der Waals surface area contributed by atoms with Crippen molar-refractivity contribution in [2.75, 3.05) is 6.61 Å². The Hall–Kier alpha value is -2.87. The van der Waals surface area contributed by atoms with Gasteiger partial charge in [0, 0.05) is 25.5 Å². The molecular weight excluding hydrogens is 356 g/mol. The number of benzene rings is 2. The van der Waals surface area contributed by atoms with Gasteiger partial charge in [0.2, 0.25) is 5.91 Å². The summed E-state index contributed by atoms with van der Waals surface area (Å²) < 4.78 is 32.2. The third-order valence-corrected chi connectivity index (χ3v) is 5.30. The molecule has 0 spiro atoms. The molecule has 0 saturated heterocycles. The van der Waals surface area contributed by atoms with E-state index in [1.165, 1.54) is 25.1 Å². The predicted octanol–water partition coefficient (Wildman–Crippen LogP) is 1.38. The van der Waals surface area contributed by atoms with Crippen LogP contribution in [0.15, 0.2) is 47.4 Å². The topological polar surface area (TPSA) is 102 Å². The smallest absolute Gasteiger partial charge is 0.265 e. The van der Waals surface area contributed by atoms with Gasteiger partial charge >= 0.3 is 0 Å². The van der Waals surface area contributed by atoms with Crippen LogP contribution in [0.2, 0.25) is 0 Å². The van der Waals surface area contributed by atoms with Gasteiger partial charge in [-0.3, -0.25) is 9.59 Å². The number of hydrogen-bond donors (Lipinski definition) is 2. The van der Waals surface area contributed by atoms with Crippen molar-refractivity contribution < 1.29 is 22.7 Å². The van der Waals surface area contributed by atoms with Gasteiger partial charge in [-0.2, -0.15) is 0 Å². The Morgan fingerprint density at radius 3 is 2.54 bits per heavy atom. The molecule has 7 nitrogen and oxygen atoms in total. The van der Waals surface area contributed by atoms with Crippen molar-refractivity contribution in [1.82, 2.24) is 10.0 Å². The Morgan fingerprint density at radius 1 is 1.12 bits per heavy atom. The summed E-state index contributed by atoms with van der Waals surface area (Å²) in [5, 5.41) is 2.63. The summed E-state index contributed by atoms with van der Waals surface area (Å²) in [6.45, 7) is 2.27. The van der Waals surface area contributed by atoms with Gasteiger partial charge in [-0.05, 0) is 41.5 Å². The molecule has 136 valence electrons. The SMILES string of the molecule is CC(=O)NCc1ccc(S(=O)(=O)NC(=O)c2ccc3c(c2)CCO3)cc1. The van der Waals surface area contributed by atoms with Crippen molar-refractivity contribution in [1.29, 1.82) is 0 Å². The Balaban J connectivity index is 1.72. The van der Waals surface area contributed by atoms with Crippen molar-refractivity contribution in [3.05, 3.63) is 59.2 Å². The number of ether oxygens (including phenoxy) is 1. The average molecular weight is 374 g/mol. The molecule has 0 unspecified atom stereocenters. The quantitative estimate of drug-likeness (QED) is 0.823. The lowest BCUT2D eigenvalue weighted by Gasteiger charge is -2.09. The second-order valence-corrected chi connectivity index (χ2v) is 7.59.